The Morgan fingerprint density at radius 1 is 1.00 bits per heavy atom. The minimum absolute atomic E-state index is 0.0754. The number of nitrogens with zero attached hydrogens (tertiary/aromatic N) is 2. The lowest BCUT2D eigenvalue weighted by Gasteiger charge is -2.28. The zero-order valence-corrected chi connectivity index (χ0v) is 14.3. The molecule has 0 aromatic heterocycles. The van der Waals surface area contributed by atoms with Gasteiger partial charge in [-0.25, -0.2) is 8.42 Å². The predicted molar refractivity (Wildman–Crippen MR) is 85.9 cm³/mol. The summed E-state index contributed by atoms with van der Waals surface area (Å²) in [4.78, 5) is 14.4. The fraction of sp³-hybridized carbons (Fsp3) is 0.562. The number of carbonyl (C=O) groups excluding carboxylic acids is 1. The van der Waals surface area contributed by atoms with Gasteiger partial charge in [-0.05, 0) is 18.6 Å². The highest BCUT2D eigenvalue weighted by Crippen LogP contribution is 2.21. The van der Waals surface area contributed by atoms with Crippen LogP contribution in [0, 0.1) is 5.41 Å². The SMILES string of the molecule is CC(C)(C)C(=O)N1CCCN(S(=O)(=O)c2ccccc2)CC1. The summed E-state index contributed by atoms with van der Waals surface area (Å²) in [7, 11) is -3.47. The Morgan fingerprint density at radius 2 is 1.64 bits per heavy atom. The van der Waals surface area contributed by atoms with Crippen LogP contribution in [0.5, 0.6) is 0 Å². The molecule has 1 saturated heterocycles. The Morgan fingerprint density at radius 3 is 2.23 bits per heavy atom. The number of benzene rings is 1. The van der Waals surface area contributed by atoms with Crippen LogP contribution in [0.15, 0.2) is 35.2 Å². The van der Waals surface area contributed by atoms with E-state index in [4.69, 9.17) is 0 Å². The van der Waals surface area contributed by atoms with Crippen LogP contribution in [0.3, 0.4) is 0 Å². The number of sulfonamides is 1. The van der Waals surface area contributed by atoms with Gasteiger partial charge in [0.15, 0.2) is 0 Å². The van der Waals surface area contributed by atoms with Crippen molar-refractivity contribution in [3.05, 3.63) is 30.3 Å². The summed E-state index contributed by atoms with van der Waals surface area (Å²) >= 11 is 0. The molecule has 122 valence electrons. The van der Waals surface area contributed by atoms with Gasteiger partial charge in [0.25, 0.3) is 0 Å². The van der Waals surface area contributed by atoms with Crippen LogP contribution in [-0.2, 0) is 14.8 Å². The van der Waals surface area contributed by atoms with E-state index in [0.29, 0.717) is 37.5 Å². The second-order valence-corrected chi connectivity index (χ2v) is 8.55. The molecule has 0 spiro atoms. The van der Waals surface area contributed by atoms with Crippen molar-refractivity contribution >= 4 is 15.9 Å². The second-order valence-electron chi connectivity index (χ2n) is 6.61. The van der Waals surface area contributed by atoms with Gasteiger partial charge < -0.3 is 4.90 Å². The third-order valence-electron chi connectivity index (χ3n) is 3.76. The van der Waals surface area contributed by atoms with Gasteiger partial charge in [-0.3, -0.25) is 4.79 Å². The Hall–Kier alpha value is -1.40. The van der Waals surface area contributed by atoms with E-state index in [1.54, 1.807) is 35.2 Å². The van der Waals surface area contributed by atoms with E-state index in [1.165, 1.54) is 4.31 Å². The van der Waals surface area contributed by atoms with E-state index < -0.39 is 15.4 Å². The highest BCUT2D eigenvalue weighted by molar-refractivity contribution is 7.89. The number of hydrogen-bond donors (Lipinski definition) is 0. The van der Waals surface area contributed by atoms with Crippen molar-refractivity contribution < 1.29 is 13.2 Å². The maximum Gasteiger partial charge on any atom is 0.243 e. The third kappa shape index (κ3) is 3.67. The molecule has 1 aromatic carbocycles. The quantitative estimate of drug-likeness (QED) is 0.835. The summed E-state index contributed by atoms with van der Waals surface area (Å²) in [5.41, 5.74) is -0.437. The van der Waals surface area contributed by atoms with Gasteiger partial charge in [-0.1, -0.05) is 39.0 Å². The number of amides is 1. The molecular weight excluding hydrogens is 300 g/mol. The van der Waals surface area contributed by atoms with Crippen LogP contribution in [-0.4, -0.2) is 49.7 Å². The molecule has 0 radical (unpaired) electrons. The summed E-state index contributed by atoms with van der Waals surface area (Å²) in [5, 5.41) is 0. The fourth-order valence-electron chi connectivity index (χ4n) is 2.55. The molecule has 6 heteroatoms. The molecule has 0 aliphatic carbocycles. The van der Waals surface area contributed by atoms with Crippen LogP contribution in [0.1, 0.15) is 27.2 Å². The average Bonchev–Trinajstić information content (AvgIpc) is 2.72. The van der Waals surface area contributed by atoms with Gasteiger partial charge in [0.1, 0.15) is 0 Å². The van der Waals surface area contributed by atoms with Gasteiger partial charge in [-0.15, -0.1) is 0 Å². The van der Waals surface area contributed by atoms with Gasteiger partial charge in [0.2, 0.25) is 15.9 Å². The molecule has 1 aromatic rings. The van der Waals surface area contributed by atoms with E-state index in [9.17, 15) is 13.2 Å². The number of rotatable bonds is 2. The Bertz CT molecular complexity index is 621. The van der Waals surface area contributed by atoms with Crippen LogP contribution < -0.4 is 0 Å². The van der Waals surface area contributed by atoms with Crippen molar-refractivity contribution in [3.8, 4) is 0 Å². The first-order valence-corrected chi connectivity index (χ1v) is 9.01. The highest BCUT2D eigenvalue weighted by Gasteiger charge is 2.31. The molecule has 1 heterocycles. The largest absolute Gasteiger partial charge is 0.341 e. The lowest BCUT2D eigenvalue weighted by molar-refractivity contribution is -0.139. The topological polar surface area (TPSA) is 57.7 Å². The van der Waals surface area contributed by atoms with Crippen molar-refractivity contribution in [3.63, 3.8) is 0 Å². The molecule has 22 heavy (non-hydrogen) atoms. The maximum absolute atomic E-state index is 12.6. The summed E-state index contributed by atoms with van der Waals surface area (Å²) in [6.45, 7) is 7.51. The van der Waals surface area contributed by atoms with Gasteiger partial charge >= 0.3 is 0 Å². The molecule has 1 aliphatic heterocycles. The lowest BCUT2D eigenvalue weighted by Crippen LogP contribution is -2.42. The monoisotopic (exact) mass is 324 g/mol. The van der Waals surface area contributed by atoms with Crippen molar-refractivity contribution in [1.82, 2.24) is 9.21 Å². The molecule has 1 amide bonds. The average molecular weight is 324 g/mol. The fourth-order valence-corrected chi connectivity index (χ4v) is 4.04. The number of hydrogen-bond acceptors (Lipinski definition) is 3. The summed E-state index contributed by atoms with van der Waals surface area (Å²) in [5.74, 6) is 0.0754. The Kier molecular flexibility index (Phi) is 4.92. The van der Waals surface area contributed by atoms with Gasteiger partial charge in [0.05, 0.1) is 4.90 Å². The molecule has 1 aliphatic rings. The molecule has 0 N–H and O–H groups in total. The van der Waals surface area contributed by atoms with Crippen molar-refractivity contribution in [2.75, 3.05) is 26.2 Å². The van der Waals surface area contributed by atoms with Crippen molar-refractivity contribution in [2.24, 2.45) is 5.41 Å². The predicted octanol–water partition coefficient (Wildman–Crippen LogP) is 1.96. The molecule has 0 bridgehead atoms. The zero-order valence-electron chi connectivity index (χ0n) is 13.4. The molecule has 2 rings (SSSR count). The van der Waals surface area contributed by atoms with Crippen LogP contribution in [0.25, 0.3) is 0 Å². The normalized spacial score (nSPS) is 18.0. The Balaban J connectivity index is 2.12. The first-order chi connectivity index (χ1) is 10.2. The Labute approximate surface area is 133 Å². The first-order valence-electron chi connectivity index (χ1n) is 7.57. The van der Waals surface area contributed by atoms with E-state index in [1.807, 2.05) is 20.8 Å². The van der Waals surface area contributed by atoms with E-state index >= 15 is 0 Å². The molecule has 0 unspecified atom stereocenters. The molecule has 0 atom stereocenters. The van der Waals surface area contributed by atoms with E-state index in [2.05, 4.69) is 0 Å². The van der Waals surface area contributed by atoms with E-state index in [-0.39, 0.29) is 5.91 Å². The third-order valence-corrected chi connectivity index (χ3v) is 5.68. The first kappa shape index (κ1) is 17.0. The minimum Gasteiger partial charge on any atom is -0.341 e. The lowest BCUT2D eigenvalue weighted by atomic mass is 9.94. The molecule has 0 saturated carbocycles. The van der Waals surface area contributed by atoms with Crippen molar-refractivity contribution in [1.29, 1.82) is 0 Å². The highest BCUT2D eigenvalue weighted by atomic mass is 32.2. The van der Waals surface area contributed by atoms with Crippen LogP contribution in [0.2, 0.25) is 0 Å². The van der Waals surface area contributed by atoms with Gasteiger partial charge in [0, 0.05) is 31.6 Å². The summed E-state index contributed by atoms with van der Waals surface area (Å²) in [6, 6.07) is 8.46. The maximum atomic E-state index is 12.6. The zero-order chi connectivity index (χ0) is 16.4. The standard InChI is InChI=1S/C16H24N2O3S/c1-16(2,3)15(19)17-10-7-11-18(13-12-17)22(20,21)14-8-5-4-6-9-14/h4-6,8-9H,7,10-13H2,1-3H3. The van der Waals surface area contributed by atoms with E-state index in [0.717, 1.165) is 0 Å². The molecule has 5 nitrogen and oxygen atoms in total. The van der Waals surface area contributed by atoms with Gasteiger partial charge in [-0.2, -0.15) is 4.31 Å². The number of carbonyl (C=O) groups is 1. The van der Waals surface area contributed by atoms with Crippen LogP contribution >= 0.6 is 0 Å². The second kappa shape index (κ2) is 6.38. The summed E-state index contributed by atoms with van der Waals surface area (Å²) in [6.07, 6.45) is 0.661. The summed E-state index contributed by atoms with van der Waals surface area (Å²) < 4.78 is 26.8. The smallest absolute Gasteiger partial charge is 0.243 e. The minimum atomic E-state index is -3.47. The molecular formula is C16H24N2O3S. The molecule has 1 fully saturated rings. The van der Waals surface area contributed by atoms with Crippen molar-refractivity contribution in [2.45, 2.75) is 32.1 Å². The van der Waals surface area contributed by atoms with Crippen LogP contribution in [0.4, 0.5) is 0 Å².